The van der Waals surface area contributed by atoms with Gasteiger partial charge in [0.2, 0.25) is 5.92 Å². The third kappa shape index (κ3) is 3.60. The van der Waals surface area contributed by atoms with Gasteiger partial charge in [0.15, 0.2) is 0 Å². The number of nitrogens with zero attached hydrogens (tertiary/aromatic N) is 1. The number of halogens is 2. The van der Waals surface area contributed by atoms with Gasteiger partial charge in [-0.1, -0.05) is 24.3 Å². The third-order valence-electron chi connectivity index (χ3n) is 5.63. The molecule has 1 saturated carbocycles. The second-order valence-corrected chi connectivity index (χ2v) is 8.28. The van der Waals surface area contributed by atoms with Gasteiger partial charge in [-0.25, -0.2) is 8.78 Å². The largest absolute Gasteiger partial charge is 0.291 e. The Kier molecular flexibility index (Phi) is 4.52. The molecule has 128 valence electrons. The van der Waals surface area contributed by atoms with Crippen molar-refractivity contribution >= 4 is 0 Å². The Morgan fingerprint density at radius 1 is 1.00 bits per heavy atom. The quantitative estimate of drug-likeness (QED) is 0.654. The summed E-state index contributed by atoms with van der Waals surface area (Å²) in [5.41, 5.74) is 2.85. The van der Waals surface area contributed by atoms with Crippen LogP contribution in [0.3, 0.4) is 0 Å². The number of likely N-dealkylation sites (tertiary alicyclic amines) is 1. The second-order valence-electron chi connectivity index (χ2n) is 8.28. The molecule has 23 heavy (non-hydrogen) atoms. The lowest BCUT2D eigenvalue weighted by atomic mass is 9.79. The van der Waals surface area contributed by atoms with Gasteiger partial charge < -0.3 is 0 Å². The van der Waals surface area contributed by atoms with Crippen molar-refractivity contribution in [3.63, 3.8) is 0 Å². The van der Waals surface area contributed by atoms with Crippen LogP contribution in [0.1, 0.15) is 82.4 Å². The first-order valence-corrected chi connectivity index (χ1v) is 9.01. The molecular weight excluding hydrogens is 292 g/mol. The van der Waals surface area contributed by atoms with E-state index in [1.54, 1.807) is 0 Å². The number of alkyl halides is 2. The van der Waals surface area contributed by atoms with E-state index in [4.69, 9.17) is 0 Å². The Labute approximate surface area is 139 Å². The molecule has 0 amide bonds. The van der Waals surface area contributed by atoms with Gasteiger partial charge in [0.1, 0.15) is 0 Å². The Bertz CT molecular complexity index is 537. The highest BCUT2D eigenvalue weighted by Crippen LogP contribution is 2.45. The van der Waals surface area contributed by atoms with Crippen LogP contribution in [0.25, 0.3) is 0 Å². The molecular formula is C20H29F2N. The van der Waals surface area contributed by atoms with Crippen molar-refractivity contribution in [1.82, 2.24) is 4.90 Å². The third-order valence-corrected chi connectivity index (χ3v) is 5.63. The average Bonchev–Trinajstić information content (AvgIpc) is 2.97. The number of hydrogen-bond acceptors (Lipinski definition) is 1. The molecule has 1 saturated heterocycles. The molecule has 3 rings (SSSR count). The first-order valence-electron chi connectivity index (χ1n) is 9.01. The molecule has 0 bridgehead atoms. The van der Waals surface area contributed by atoms with E-state index in [-0.39, 0.29) is 18.4 Å². The van der Waals surface area contributed by atoms with Crippen LogP contribution in [0.4, 0.5) is 8.78 Å². The van der Waals surface area contributed by atoms with Crippen molar-refractivity contribution in [3.8, 4) is 0 Å². The van der Waals surface area contributed by atoms with E-state index in [0.29, 0.717) is 24.8 Å². The normalized spacial score (nSPS) is 26.6. The van der Waals surface area contributed by atoms with Crippen LogP contribution in [0.2, 0.25) is 0 Å². The van der Waals surface area contributed by atoms with E-state index in [0.717, 1.165) is 6.54 Å². The molecule has 2 fully saturated rings. The molecule has 1 aromatic carbocycles. The van der Waals surface area contributed by atoms with Gasteiger partial charge in [-0.3, -0.25) is 4.90 Å². The van der Waals surface area contributed by atoms with E-state index in [1.165, 1.54) is 24.0 Å². The highest BCUT2D eigenvalue weighted by Gasteiger charge is 2.38. The molecule has 0 aromatic heterocycles. The summed E-state index contributed by atoms with van der Waals surface area (Å²) in [6.45, 7) is 7.95. The molecule has 0 unspecified atom stereocenters. The number of rotatable bonds is 2. The van der Waals surface area contributed by atoms with Crippen molar-refractivity contribution in [3.05, 3.63) is 35.4 Å². The monoisotopic (exact) mass is 321 g/mol. The van der Waals surface area contributed by atoms with E-state index in [2.05, 4.69) is 49.9 Å². The van der Waals surface area contributed by atoms with Crippen molar-refractivity contribution in [2.75, 3.05) is 6.54 Å². The van der Waals surface area contributed by atoms with Crippen LogP contribution < -0.4 is 0 Å². The molecule has 1 heterocycles. The highest BCUT2D eigenvalue weighted by molar-refractivity contribution is 5.34. The maximum absolute atomic E-state index is 13.5. The predicted octanol–water partition coefficient (Wildman–Crippen LogP) is 5.91. The zero-order valence-corrected chi connectivity index (χ0v) is 14.6. The molecule has 1 nitrogen and oxygen atoms in total. The Morgan fingerprint density at radius 3 is 2.22 bits per heavy atom. The molecule has 0 spiro atoms. The van der Waals surface area contributed by atoms with Gasteiger partial charge in [-0.2, -0.15) is 0 Å². The Morgan fingerprint density at radius 2 is 1.61 bits per heavy atom. The second kappa shape index (κ2) is 6.16. The lowest BCUT2D eigenvalue weighted by molar-refractivity contribution is -0.0383. The molecule has 1 aromatic rings. The van der Waals surface area contributed by atoms with Crippen LogP contribution in [-0.2, 0) is 0 Å². The van der Waals surface area contributed by atoms with Gasteiger partial charge >= 0.3 is 0 Å². The minimum absolute atomic E-state index is 0.0413. The predicted molar refractivity (Wildman–Crippen MR) is 91.0 cm³/mol. The molecule has 1 aliphatic heterocycles. The SMILES string of the molecule is CC(C)(C)N1CCC[C@H]1c1ccccc1C1CCC(F)(F)CC1. The van der Waals surface area contributed by atoms with E-state index in [1.807, 2.05) is 0 Å². The lowest BCUT2D eigenvalue weighted by Crippen LogP contribution is -2.41. The molecule has 3 heteroatoms. The van der Waals surface area contributed by atoms with Crippen molar-refractivity contribution in [2.45, 2.75) is 82.7 Å². The summed E-state index contributed by atoms with van der Waals surface area (Å²) in [4.78, 5) is 2.59. The number of benzene rings is 1. The summed E-state index contributed by atoms with van der Waals surface area (Å²) >= 11 is 0. The summed E-state index contributed by atoms with van der Waals surface area (Å²) < 4.78 is 27.0. The van der Waals surface area contributed by atoms with Gasteiger partial charge in [-0.15, -0.1) is 0 Å². The highest BCUT2D eigenvalue weighted by atomic mass is 19.3. The zero-order chi connectivity index (χ0) is 16.7. The van der Waals surface area contributed by atoms with Crippen LogP contribution in [0.15, 0.2) is 24.3 Å². The maximum atomic E-state index is 13.5. The fourth-order valence-corrected chi connectivity index (χ4v) is 4.43. The molecule has 0 N–H and O–H groups in total. The molecule has 2 aliphatic rings. The van der Waals surface area contributed by atoms with Crippen LogP contribution in [-0.4, -0.2) is 22.9 Å². The average molecular weight is 321 g/mol. The summed E-state index contributed by atoms with van der Waals surface area (Å²) in [6, 6.07) is 9.03. The first-order chi connectivity index (χ1) is 10.8. The van der Waals surface area contributed by atoms with Crippen LogP contribution in [0, 0.1) is 0 Å². The van der Waals surface area contributed by atoms with Crippen LogP contribution >= 0.6 is 0 Å². The van der Waals surface area contributed by atoms with Crippen LogP contribution in [0.5, 0.6) is 0 Å². The van der Waals surface area contributed by atoms with Crippen molar-refractivity contribution < 1.29 is 8.78 Å². The molecule has 0 radical (unpaired) electrons. The summed E-state index contributed by atoms with van der Waals surface area (Å²) in [5, 5.41) is 0. The van der Waals surface area contributed by atoms with E-state index in [9.17, 15) is 8.78 Å². The van der Waals surface area contributed by atoms with Crippen molar-refractivity contribution in [2.24, 2.45) is 0 Å². The lowest BCUT2D eigenvalue weighted by Gasteiger charge is -2.39. The summed E-state index contributed by atoms with van der Waals surface area (Å²) in [7, 11) is 0. The smallest absolute Gasteiger partial charge is 0.248 e. The first kappa shape index (κ1) is 16.9. The topological polar surface area (TPSA) is 3.24 Å². The fourth-order valence-electron chi connectivity index (χ4n) is 4.43. The van der Waals surface area contributed by atoms with E-state index >= 15 is 0 Å². The zero-order valence-electron chi connectivity index (χ0n) is 14.6. The minimum atomic E-state index is -2.45. The van der Waals surface area contributed by atoms with Gasteiger partial charge in [0.25, 0.3) is 0 Å². The van der Waals surface area contributed by atoms with Gasteiger partial charge in [-0.05, 0) is 70.0 Å². The fraction of sp³-hybridized carbons (Fsp3) is 0.700. The Balaban J connectivity index is 1.87. The van der Waals surface area contributed by atoms with Gasteiger partial charge in [0, 0.05) is 24.4 Å². The summed E-state index contributed by atoms with van der Waals surface area (Å²) in [6.07, 6.45) is 3.72. The minimum Gasteiger partial charge on any atom is -0.291 e. The number of hydrogen-bond donors (Lipinski definition) is 0. The van der Waals surface area contributed by atoms with Gasteiger partial charge in [0.05, 0.1) is 0 Å². The van der Waals surface area contributed by atoms with E-state index < -0.39 is 5.92 Å². The summed E-state index contributed by atoms with van der Waals surface area (Å²) in [5.74, 6) is -2.15. The molecule has 1 aliphatic carbocycles. The van der Waals surface area contributed by atoms with Crippen molar-refractivity contribution in [1.29, 1.82) is 0 Å². The maximum Gasteiger partial charge on any atom is 0.248 e. The molecule has 1 atom stereocenters. The standard InChI is InChI=1S/C20H29F2N/c1-19(2,3)23-14-6-9-18(23)17-8-5-4-7-16(17)15-10-12-20(21,22)13-11-15/h4-5,7-8,15,18H,6,9-14H2,1-3H3/t18-/m0/s1. The Hall–Kier alpha value is -0.960.